The first-order chi connectivity index (χ1) is 10.9. The van der Waals surface area contributed by atoms with Gasteiger partial charge in [0.25, 0.3) is 0 Å². The highest BCUT2D eigenvalue weighted by molar-refractivity contribution is 5.56. The minimum absolute atomic E-state index is 0.305. The first kappa shape index (κ1) is 20.0. The van der Waals surface area contributed by atoms with E-state index in [0.717, 1.165) is 19.3 Å². The molecule has 0 saturated carbocycles. The lowest BCUT2D eigenvalue weighted by atomic mass is 9.73. The molecule has 1 atom stereocenters. The summed E-state index contributed by atoms with van der Waals surface area (Å²) in [5.41, 5.74) is 3.61. The van der Waals surface area contributed by atoms with Gasteiger partial charge >= 0.3 is 0 Å². The first-order valence-electron chi connectivity index (χ1n) is 9.43. The molecule has 1 nitrogen and oxygen atoms in total. The molecule has 1 aromatic carbocycles. The zero-order chi connectivity index (χ0) is 17.5. The molecular weight excluding hydrogens is 280 g/mol. The van der Waals surface area contributed by atoms with Crippen molar-refractivity contribution in [2.24, 2.45) is 0 Å². The number of rotatable bonds is 9. The number of aliphatic hydroxyl groups is 1. The van der Waals surface area contributed by atoms with Gasteiger partial charge in [0.15, 0.2) is 0 Å². The Balaban J connectivity index is 3.10. The Hall–Kier alpha value is -1.08. The normalized spacial score (nSPS) is 15.1. The van der Waals surface area contributed by atoms with E-state index in [2.05, 4.69) is 58.9 Å². The fourth-order valence-corrected chi connectivity index (χ4v) is 3.61. The highest BCUT2D eigenvalue weighted by Gasteiger charge is 2.26. The largest absolute Gasteiger partial charge is 0.386 e. The van der Waals surface area contributed by atoms with E-state index < -0.39 is 5.60 Å². The van der Waals surface area contributed by atoms with Crippen LogP contribution in [0.4, 0.5) is 0 Å². The highest BCUT2D eigenvalue weighted by Crippen LogP contribution is 2.36. The first-order valence-corrected chi connectivity index (χ1v) is 9.43. The zero-order valence-corrected chi connectivity index (χ0v) is 16.1. The van der Waals surface area contributed by atoms with E-state index in [1.165, 1.54) is 36.0 Å². The molecular formula is C22H36O. The quantitative estimate of drug-likeness (QED) is 0.557. The number of aryl methyl sites for hydroxylation is 1. The molecule has 0 aromatic heterocycles. The smallest absolute Gasteiger partial charge is 0.0828 e. The molecule has 1 aromatic rings. The van der Waals surface area contributed by atoms with Gasteiger partial charge in [0.1, 0.15) is 0 Å². The topological polar surface area (TPSA) is 20.2 Å². The fourth-order valence-electron chi connectivity index (χ4n) is 3.61. The van der Waals surface area contributed by atoms with E-state index in [0.29, 0.717) is 5.41 Å². The molecule has 0 radical (unpaired) electrons. The van der Waals surface area contributed by atoms with Crippen LogP contribution in [0, 0.1) is 6.92 Å². The molecule has 1 rings (SSSR count). The zero-order valence-electron chi connectivity index (χ0n) is 16.1. The second kappa shape index (κ2) is 8.68. The molecule has 0 heterocycles. The molecule has 0 aliphatic heterocycles. The van der Waals surface area contributed by atoms with Crippen LogP contribution in [0.3, 0.4) is 0 Å². The van der Waals surface area contributed by atoms with Crippen LogP contribution in [0.1, 0.15) is 89.8 Å². The summed E-state index contributed by atoms with van der Waals surface area (Å²) in [6, 6.07) is 6.86. The maximum atomic E-state index is 10.6. The molecule has 0 aliphatic carbocycles. The van der Waals surface area contributed by atoms with Gasteiger partial charge in [-0.25, -0.2) is 0 Å². The van der Waals surface area contributed by atoms with Gasteiger partial charge in [0.05, 0.1) is 5.60 Å². The Morgan fingerprint density at radius 1 is 0.957 bits per heavy atom. The van der Waals surface area contributed by atoms with Crippen LogP contribution < -0.4 is 0 Å². The Kier molecular flexibility index (Phi) is 7.54. The van der Waals surface area contributed by atoms with Crippen LogP contribution >= 0.6 is 0 Å². The molecule has 1 N–H and O–H groups in total. The van der Waals surface area contributed by atoms with Gasteiger partial charge in [-0.15, -0.1) is 0 Å². The second-order valence-electron chi connectivity index (χ2n) is 6.95. The van der Waals surface area contributed by atoms with Crippen LogP contribution in [0.25, 0.3) is 6.08 Å². The number of hydrogen-bond donors (Lipinski definition) is 1. The third-order valence-corrected chi connectivity index (χ3v) is 5.78. The van der Waals surface area contributed by atoms with E-state index >= 15 is 0 Å². The lowest BCUT2D eigenvalue weighted by Crippen LogP contribution is -2.24. The Bertz CT molecular complexity index is 502. The Labute approximate surface area is 143 Å². The van der Waals surface area contributed by atoms with E-state index in [1.807, 2.05) is 13.0 Å². The molecule has 1 heteroatoms. The average Bonchev–Trinajstić information content (AvgIpc) is 2.56. The van der Waals surface area contributed by atoms with E-state index in [1.54, 1.807) is 0 Å². The SMILES string of the molecule is CCCC(O)(/C=C/c1ccc(C(CC)(CC)CC)cc1C)CC. The summed E-state index contributed by atoms with van der Waals surface area (Å²) in [5, 5.41) is 10.6. The van der Waals surface area contributed by atoms with Gasteiger partial charge < -0.3 is 5.11 Å². The van der Waals surface area contributed by atoms with Crippen LogP contribution in [-0.2, 0) is 5.41 Å². The molecule has 1 unspecified atom stereocenters. The lowest BCUT2D eigenvalue weighted by Gasteiger charge is -2.31. The van der Waals surface area contributed by atoms with Crippen molar-refractivity contribution in [2.75, 3.05) is 0 Å². The summed E-state index contributed by atoms with van der Waals surface area (Å²) in [4.78, 5) is 0. The second-order valence-corrected chi connectivity index (χ2v) is 6.95. The summed E-state index contributed by atoms with van der Waals surface area (Å²) in [5.74, 6) is 0. The van der Waals surface area contributed by atoms with Crippen molar-refractivity contribution in [3.8, 4) is 0 Å². The molecule has 0 bridgehead atoms. The summed E-state index contributed by atoms with van der Waals surface area (Å²) in [6.07, 6.45) is 10.2. The minimum Gasteiger partial charge on any atom is -0.386 e. The number of benzene rings is 1. The van der Waals surface area contributed by atoms with Gasteiger partial charge in [0, 0.05) is 0 Å². The lowest BCUT2D eigenvalue weighted by molar-refractivity contribution is 0.0775. The van der Waals surface area contributed by atoms with Gasteiger partial charge in [-0.05, 0) is 61.1 Å². The van der Waals surface area contributed by atoms with E-state index in [9.17, 15) is 5.11 Å². The predicted octanol–water partition coefficient (Wildman–Crippen LogP) is 6.42. The van der Waals surface area contributed by atoms with Crippen LogP contribution in [-0.4, -0.2) is 10.7 Å². The highest BCUT2D eigenvalue weighted by atomic mass is 16.3. The van der Waals surface area contributed by atoms with Crippen molar-refractivity contribution in [1.29, 1.82) is 0 Å². The van der Waals surface area contributed by atoms with E-state index in [-0.39, 0.29) is 0 Å². The molecule has 0 aliphatic rings. The van der Waals surface area contributed by atoms with E-state index in [4.69, 9.17) is 0 Å². The van der Waals surface area contributed by atoms with Crippen LogP contribution in [0.2, 0.25) is 0 Å². The summed E-state index contributed by atoms with van der Waals surface area (Å²) >= 11 is 0. The van der Waals surface area contributed by atoms with Gasteiger partial charge in [-0.1, -0.05) is 71.4 Å². The number of hydrogen-bond acceptors (Lipinski definition) is 1. The van der Waals surface area contributed by atoms with Crippen molar-refractivity contribution in [3.05, 3.63) is 41.0 Å². The van der Waals surface area contributed by atoms with Crippen LogP contribution in [0.5, 0.6) is 0 Å². The predicted molar refractivity (Wildman–Crippen MR) is 103 cm³/mol. The Morgan fingerprint density at radius 2 is 1.57 bits per heavy atom. The van der Waals surface area contributed by atoms with Gasteiger partial charge in [-0.2, -0.15) is 0 Å². The van der Waals surface area contributed by atoms with Gasteiger partial charge in [-0.3, -0.25) is 0 Å². The summed E-state index contributed by atoms with van der Waals surface area (Å²) < 4.78 is 0. The standard InChI is InChI=1S/C22H36O/c1-7-15-22(23,11-5)16-14-19-12-13-20(17-18(19)6)21(8-2,9-3)10-4/h12-14,16-17,23H,7-11,15H2,1-6H3/b16-14+. The summed E-state index contributed by atoms with van der Waals surface area (Å²) in [6.45, 7) is 13.2. The molecule has 0 saturated heterocycles. The Morgan fingerprint density at radius 3 is 2.00 bits per heavy atom. The van der Waals surface area contributed by atoms with Crippen molar-refractivity contribution in [3.63, 3.8) is 0 Å². The van der Waals surface area contributed by atoms with Crippen molar-refractivity contribution in [1.82, 2.24) is 0 Å². The van der Waals surface area contributed by atoms with Crippen molar-refractivity contribution in [2.45, 2.75) is 91.1 Å². The third-order valence-electron chi connectivity index (χ3n) is 5.78. The third kappa shape index (κ3) is 4.70. The van der Waals surface area contributed by atoms with Crippen LogP contribution in [0.15, 0.2) is 24.3 Å². The maximum Gasteiger partial charge on any atom is 0.0828 e. The van der Waals surface area contributed by atoms with Gasteiger partial charge in [0.2, 0.25) is 0 Å². The monoisotopic (exact) mass is 316 g/mol. The maximum absolute atomic E-state index is 10.6. The van der Waals surface area contributed by atoms with Crippen molar-refractivity contribution < 1.29 is 5.11 Å². The fraction of sp³-hybridized carbons (Fsp3) is 0.636. The van der Waals surface area contributed by atoms with Crippen molar-refractivity contribution >= 4 is 6.08 Å². The minimum atomic E-state index is -0.667. The summed E-state index contributed by atoms with van der Waals surface area (Å²) in [7, 11) is 0. The molecule has 0 fully saturated rings. The molecule has 0 amide bonds. The average molecular weight is 317 g/mol. The molecule has 0 spiro atoms. The molecule has 130 valence electrons. The molecule has 23 heavy (non-hydrogen) atoms.